The van der Waals surface area contributed by atoms with E-state index in [-0.39, 0.29) is 31.1 Å². The minimum atomic E-state index is -0.764. The fourth-order valence-electron chi connectivity index (χ4n) is 10.1. The number of hydrogen-bond donors (Lipinski definition) is 0. The number of carbonyl (C=O) groups is 3. The van der Waals surface area contributed by atoms with Crippen LogP contribution in [0.1, 0.15) is 369 Å². The first-order valence-corrected chi connectivity index (χ1v) is 32.2. The summed E-state index contributed by atoms with van der Waals surface area (Å²) in [7, 11) is 0. The van der Waals surface area contributed by atoms with Crippen molar-refractivity contribution >= 4 is 17.9 Å². The van der Waals surface area contributed by atoms with Crippen LogP contribution in [0, 0.1) is 11.8 Å². The van der Waals surface area contributed by atoms with Gasteiger partial charge in [0, 0.05) is 19.3 Å². The van der Waals surface area contributed by atoms with Crippen LogP contribution in [0.4, 0.5) is 0 Å². The van der Waals surface area contributed by atoms with Gasteiger partial charge < -0.3 is 14.2 Å². The maximum Gasteiger partial charge on any atom is 0.306 e. The third kappa shape index (κ3) is 59.2. The Morgan fingerprint density at radius 1 is 0.268 bits per heavy atom. The summed E-state index contributed by atoms with van der Waals surface area (Å²) in [4.78, 5) is 38.3. The molecular formula is C65H126O6. The molecule has 0 aliphatic carbocycles. The van der Waals surface area contributed by atoms with E-state index < -0.39 is 6.10 Å². The molecule has 6 nitrogen and oxygen atoms in total. The molecule has 71 heavy (non-hydrogen) atoms. The number of hydrogen-bond acceptors (Lipinski definition) is 6. The van der Waals surface area contributed by atoms with E-state index in [0.717, 1.165) is 69.6 Å². The number of rotatable bonds is 59. The van der Waals surface area contributed by atoms with Gasteiger partial charge in [0.15, 0.2) is 6.10 Å². The van der Waals surface area contributed by atoms with Crippen LogP contribution in [0.2, 0.25) is 0 Å². The van der Waals surface area contributed by atoms with Gasteiger partial charge in [0.25, 0.3) is 0 Å². The van der Waals surface area contributed by atoms with Crippen LogP contribution in [-0.4, -0.2) is 37.2 Å². The molecule has 0 aromatic carbocycles. The molecule has 0 aliphatic heterocycles. The van der Waals surface area contributed by atoms with E-state index in [1.54, 1.807) is 0 Å². The summed E-state index contributed by atoms with van der Waals surface area (Å²) in [6.45, 7) is 11.5. The Balaban J connectivity index is 4.29. The second-order valence-electron chi connectivity index (χ2n) is 23.4. The Hall–Kier alpha value is -1.59. The van der Waals surface area contributed by atoms with Gasteiger partial charge in [-0.1, -0.05) is 330 Å². The van der Waals surface area contributed by atoms with Crippen molar-refractivity contribution in [3.63, 3.8) is 0 Å². The summed E-state index contributed by atoms with van der Waals surface area (Å²) in [5.41, 5.74) is 0. The van der Waals surface area contributed by atoms with E-state index in [1.165, 1.54) is 257 Å². The van der Waals surface area contributed by atoms with Crippen molar-refractivity contribution in [3.05, 3.63) is 0 Å². The third-order valence-corrected chi connectivity index (χ3v) is 15.0. The predicted octanol–water partition coefficient (Wildman–Crippen LogP) is 21.6. The Kier molecular flexibility index (Phi) is 56.4. The number of esters is 3. The molecule has 0 aromatic rings. The minimum absolute atomic E-state index is 0.0618. The highest BCUT2D eigenvalue weighted by molar-refractivity contribution is 5.71. The fraction of sp³-hybridized carbons (Fsp3) is 0.954. The maximum absolute atomic E-state index is 12.9. The lowest BCUT2D eigenvalue weighted by atomic mass is 10.0. The van der Waals surface area contributed by atoms with E-state index in [0.29, 0.717) is 19.3 Å². The predicted molar refractivity (Wildman–Crippen MR) is 307 cm³/mol. The van der Waals surface area contributed by atoms with Crippen LogP contribution in [0.15, 0.2) is 0 Å². The second kappa shape index (κ2) is 57.7. The molecule has 0 fully saturated rings. The van der Waals surface area contributed by atoms with Gasteiger partial charge >= 0.3 is 17.9 Å². The Morgan fingerprint density at radius 3 is 0.690 bits per heavy atom. The molecular weight excluding hydrogens is 877 g/mol. The molecule has 0 aromatic heterocycles. The monoisotopic (exact) mass is 1000 g/mol. The molecule has 0 aliphatic rings. The Bertz CT molecular complexity index is 1090. The molecule has 422 valence electrons. The number of carbonyl (C=O) groups excluding carboxylic acids is 3. The summed E-state index contributed by atoms with van der Waals surface area (Å²) in [6.07, 6.45) is 63.9. The van der Waals surface area contributed by atoms with Crippen molar-refractivity contribution in [1.29, 1.82) is 0 Å². The average molecular weight is 1000 g/mol. The molecule has 0 spiro atoms. The molecule has 1 atom stereocenters. The first kappa shape index (κ1) is 69.4. The smallest absolute Gasteiger partial charge is 0.306 e. The molecule has 0 rings (SSSR count). The van der Waals surface area contributed by atoms with E-state index in [4.69, 9.17) is 14.2 Å². The lowest BCUT2D eigenvalue weighted by molar-refractivity contribution is -0.167. The van der Waals surface area contributed by atoms with Crippen LogP contribution < -0.4 is 0 Å². The Morgan fingerprint density at radius 2 is 0.465 bits per heavy atom. The quantitative estimate of drug-likeness (QED) is 0.0343. The highest BCUT2D eigenvalue weighted by Crippen LogP contribution is 2.19. The van der Waals surface area contributed by atoms with Crippen LogP contribution in [0.5, 0.6) is 0 Å². The summed E-state index contributed by atoms with van der Waals surface area (Å²) < 4.78 is 17.0. The van der Waals surface area contributed by atoms with Crippen molar-refractivity contribution in [3.8, 4) is 0 Å². The van der Waals surface area contributed by atoms with Gasteiger partial charge in [-0.25, -0.2) is 0 Å². The van der Waals surface area contributed by atoms with Gasteiger partial charge in [-0.05, 0) is 31.1 Å². The molecule has 0 radical (unpaired) electrons. The van der Waals surface area contributed by atoms with Crippen LogP contribution in [0.3, 0.4) is 0 Å². The van der Waals surface area contributed by atoms with Gasteiger partial charge in [-0.3, -0.25) is 14.4 Å². The molecule has 0 saturated heterocycles. The molecule has 0 unspecified atom stereocenters. The van der Waals surface area contributed by atoms with E-state index in [9.17, 15) is 14.4 Å². The molecule has 0 bridgehead atoms. The van der Waals surface area contributed by atoms with Crippen molar-refractivity contribution in [2.24, 2.45) is 11.8 Å². The first-order valence-electron chi connectivity index (χ1n) is 32.2. The first-order chi connectivity index (χ1) is 34.7. The standard InChI is InChI=1S/C65H126O6/c1-6-7-8-9-10-11-12-13-14-15-16-17-18-25-30-35-40-45-50-55-63(66)69-58-62(71-65(68)57-52-47-42-37-32-27-22-20-24-29-34-39-44-49-54-61(4)5)59-70-64(67)56-51-46-41-36-31-26-21-19-23-28-33-38-43-48-53-60(2)3/h60-62H,6-59H2,1-5H3/t62-/m0/s1. The van der Waals surface area contributed by atoms with Gasteiger partial charge in [0.2, 0.25) is 0 Å². The van der Waals surface area contributed by atoms with E-state index in [2.05, 4.69) is 34.6 Å². The largest absolute Gasteiger partial charge is 0.462 e. The molecule has 0 N–H and O–H groups in total. The van der Waals surface area contributed by atoms with Crippen LogP contribution in [0.25, 0.3) is 0 Å². The topological polar surface area (TPSA) is 78.9 Å². The van der Waals surface area contributed by atoms with Crippen molar-refractivity contribution in [2.45, 2.75) is 375 Å². The lowest BCUT2D eigenvalue weighted by Crippen LogP contribution is -2.30. The number of ether oxygens (including phenoxy) is 3. The zero-order valence-electron chi connectivity index (χ0n) is 48.9. The van der Waals surface area contributed by atoms with Crippen molar-refractivity contribution in [2.75, 3.05) is 13.2 Å². The summed E-state index contributed by atoms with van der Waals surface area (Å²) in [5.74, 6) is 0.857. The SMILES string of the molecule is CCCCCCCCCCCCCCCCCCCCCC(=O)OC[C@@H](COC(=O)CCCCCCCCCCCCCCCCC(C)C)OC(=O)CCCCCCCCCCCCCCCCC(C)C. The molecule has 0 heterocycles. The highest BCUT2D eigenvalue weighted by atomic mass is 16.6. The zero-order chi connectivity index (χ0) is 51.8. The molecule has 6 heteroatoms. The van der Waals surface area contributed by atoms with Crippen LogP contribution in [-0.2, 0) is 28.6 Å². The van der Waals surface area contributed by atoms with Gasteiger partial charge in [-0.2, -0.15) is 0 Å². The van der Waals surface area contributed by atoms with Gasteiger partial charge in [0.05, 0.1) is 0 Å². The minimum Gasteiger partial charge on any atom is -0.462 e. The average Bonchev–Trinajstić information content (AvgIpc) is 3.35. The summed E-state index contributed by atoms with van der Waals surface area (Å²) in [5, 5.41) is 0. The van der Waals surface area contributed by atoms with Crippen LogP contribution >= 0.6 is 0 Å². The zero-order valence-corrected chi connectivity index (χ0v) is 48.9. The van der Waals surface area contributed by atoms with Crippen molar-refractivity contribution < 1.29 is 28.6 Å². The highest BCUT2D eigenvalue weighted by Gasteiger charge is 2.19. The molecule has 0 saturated carbocycles. The maximum atomic E-state index is 12.9. The molecule has 0 amide bonds. The summed E-state index contributed by atoms with van der Waals surface area (Å²) >= 11 is 0. The second-order valence-corrected chi connectivity index (χ2v) is 23.4. The van der Waals surface area contributed by atoms with Gasteiger partial charge in [0.1, 0.15) is 13.2 Å². The van der Waals surface area contributed by atoms with Gasteiger partial charge in [-0.15, -0.1) is 0 Å². The number of unbranched alkanes of at least 4 members (excludes halogenated alkanes) is 44. The normalized spacial score (nSPS) is 12.0. The van der Waals surface area contributed by atoms with E-state index >= 15 is 0 Å². The third-order valence-electron chi connectivity index (χ3n) is 15.0. The fourth-order valence-corrected chi connectivity index (χ4v) is 10.1. The summed E-state index contributed by atoms with van der Waals surface area (Å²) in [6, 6.07) is 0. The van der Waals surface area contributed by atoms with E-state index in [1.807, 2.05) is 0 Å². The lowest BCUT2D eigenvalue weighted by Gasteiger charge is -2.18. The van der Waals surface area contributed by atoms with Crippen molar-refractivity contribution in [1.82, 2.24) is 0 Å². The Labute approximate surface area is 444 Å².